The van der Waals surface area contributed by atoms with E-state index in [4.69, 9.17) is 6.42 Å². The van der Waals surface area contributed by atoms with Crippen molar-refractivity contribution < 1.29 is 4.79 Å². The highest BCUT2D eigenvalue weighted by Gasteiger charge is 2.09. The van der Waals surface area contributed by atoms with Crippen molar-refractivity contribution in [1.82, 2.24) is 4.98 Å². The molecular formula is C12H10N2O. The molecule has 0 spiro atoms. The Morgan fingerprint density at radius 1 is 1.67 bits per heavy atom. The van der Waals surface area contributed by atoms with Crippen LogP contribution < -0.4 is 0 Å². The van der Waals surface area contributed by atoms with Gasteiger partial charge in [-0.25, -0.2) is 0 Å². The molecule has 15 heavy (non-hydrogen) atoms. The zero-order valence-corrected chi connectivity index (χ0v) is 8.34. The number of Topliss-reactive ketones (excluding diaryl/α,β-unsaturated/α-hetero) is 1. The number of allylic oxidation sites excluding steroid dienone is 2. The average molecular weight is 198 g/mol. The van der Waals surface area contributed by atoms with Crippen LogP contribution in [0.3, 0.4) is 0 Å². The summed E-state index contributed by atoms with van der Waals surface area (Å²) in [5.41, 5.74) is 0.881. The molecule has 0 radical (unpaired) electrons. The smallest absolute Gasteiger partial charge is 0.196 e. The van der Waals surface area contributed by atoms with E-state index in [1.165, 1.54) is 18.5 Å². The summed E-state index contributed by atoms with van der Waals surface area (Å²) in [6.45, 7) is 0. The molecule has 0 atom stereocenters. The summed E-state index contributed by atoms with van der Waals surface area (Å²) < 4.78 is 0. The van der Waals surface area contributed by atoms with Gasteiger partial charge in [-0.05, 0) is 12.1 Å². The number of ketones is 1. The van der Waals surface area contributed by atoms with Crippen molar-refractivity contribution >= 4 is 12.0 Å². The van der Waals surface area contributed by atoms with Crippen LogP contribution in [-0.2, 0) is 0 Å². The van der Waals surface area contributed by atoms with Gasteiger partial charge in [-0.1, -0.05) is 5.92 Å². The maximum absolute atomic E-state index is 11.8. The van der Waals surface area contributed by atoms with Crippen molar-refractivity contribution in [3.8, 4) is 12.3 Å². The minimum absolute atomic E-state index is 0.174. The lowest BCUT2D eigenvalue weighted by Crippen LogP contribution is -2.04. The molecule has 3 nitrogen and oxygen atoms in total. The van der Waals surface area contributed by atoms with Gasteiger partial charge >= 0.3 is 0 Å². The van der Waals surface area contributed by atoms with Gasteiger partial charge in [0.15, 0.2) is 5.78 Å². The van der Waals surface area contributed by atoms with Gasteiger partial charge in [0.1, 0.15) is 0 Å². The van der Waals surface area contributed by atoms with Gasteiger partial charge in [-0.3, -0.25) is 14.8 Å². The lowest BCUT2D eigenvalue weighted by molar-refractivity contribution is 0.104. The van der Waals surface area contributed by atoms with Crippen molar-refractivity contribution in [2.24, 2.45) is 4.99 Å². The number of pyridine rings is 1. The fraction of sp³-hybridized carbons (Fsp3) is 0.0833. The Labute approximate surface area is 88.6 Å². The lowest BCUT2D eigenvalue weighted by atomic mass is 10.1. The summed E-state index contributed by atoms with van der Waals surface area (Å²) >= 11 is 0. The number of rotatable bonds is 3. The summed E-state index contributed by atoms with van der Waals surface area (Å²) in [4.78, 5) is 19.5. The van der Waals surface area contributed by atoms with Gasteiger partial charge in [-0.15, -0.1) is 6.42 Å². The Morgan fingerprint density at radius 3 is 3.00 bits per heavy atom. The number of hydrogen-bond acceptors (Lipinski definition) is 3. The molecule has 0 aromatic carbocycles. The van der Waals surface area contributed by atoms with Crippen LogP contribution >= 0.6 is 0 Å². The molecule has 1 aromatic rings. The molecule has 0 N–H and O–H groups in total. The van der Waals surface area contributed by atoms with Gasteiger partial charge in [0.2, 0.25) is 0 Å². The van der Waals surface area contributed by atoms with E-state index in [0.717, 1.165) is 0 Å². The number of nitrogens with zero attached hydrogens (tertiary/aromatic N) is 2. The number of terminal acetylenes is 1. The van der Waals surface area contributed by atoms with Crippen LogP contribution in [-0.4, -0.2) is 24.0 Å². The zero-order valence-electron chi connectivity index (χ0n) is 8.34. The predicted molar refractivity (Wildman–Crippen MR) is 59.9 cm³/mol. The second-order valence-corrected chi connectivity index (χ2v) is 2.72. The van der Waals surface area contributed by atoms with Gasteiger partial charge in [-0.2, -0.15) is 0 Å². The van der Waals surface area contributed by atoms with E-state index in [2.05, 4.69) is 15.9 Å². The molecule has 0 bridgehead atoms. The predicted octanol–water partition coefficient (Wildman–Crippen LogP) is 1.52. The molecule has 0 fully saturated rings. The van der Waals surface area contributed by atoms with Crippen LogP contribution in [0.1, 0.15) is 10.4 Å². The van der Waals surface area contributed by atoms with Crippen molar-refractivity contribution in [1.29, 1.82) is 0 Å². The molecule has 1 aromatic heterocycles. The van der Waals surface area contributed by atoms with E-state index in [-0.39, 0.29) is 5.78 Å². The Kier molecular flexibility index (Phi) is 3.99. The summed E-state index contributed by atoms with van der Waals surface area (Å²) in [5.74, 6) is 2.13. The van der Waals surface area contributed by atoms with E-state index in [9.17, 15) is 4.79 Å². The van der Waals surface area contributed by atoms with Crippen LogP contribution in [0.2, 0.25) is 0 Å². The number of carbonyl (C=O) groups is 1. The largest absolute Gasteiger partial charge is 0.296 e. The van der Waals surface area contributed by atoms with Crippen LogP contribution in [0.15, 0.2) is 41.2 Å². The molecule has 1 rings (SSSR count). The maximum atomic E-state index is 11.8. The van der Waals surface area contributed by atoms with E-state index in [0.29, 0.717) is 11.1 Å². The number of carbonyl (C=O) groups excluding carboxylic acids is 1. The summed E-state index contributed by atoms with van der Waals surface area (Å²) in [6.07, 6.45) is 11.1. The van der Waals surface area contributed by atoms with Crippen molar-refractivity contribution in [2.75, 3.05) is 7.05 Å². The molecule has 0 unspecified atom stereocenters. The quantitative estimate of drug-likeness (QED) is 0.320. The maximum Gasteiger partial charge on any atom is 0.196 e. The first-order chi connectivity index (χ1) is 7.29. The Hall–Kier alpha value is -2.21. The minimum Gasteiger partial charge on any atom is -0.296 e. The Bertz CT molecular complexity index is 438. The SMILES string of the molecule is C#C/C=C(\C=NC)C(=O)c1cccnc1. The molecule has 0 aliphatic carbocycles. The van der Waals surface area contributed by atoms with Crippen molar-refractivity contribution in [3.05, 3.63) is 41.7 Å². The number of aliphatic imine (C=N–C) groups is 1. The van der Waals surface area contributed by atoms with Crippen LogP contribution in [0.4, 0.5) is 0 Å². The standard InChI is InChI=1S/C12H10N2O/c1-3-5-10(8-13-2)12(15)11-6-4-7-14-9-11/h1,4-9H,2H3/b10-5+,13-8?. The molecule has 0 saturated heterocycles. The van der Waals surface area contributed by atoms with E-state index >= 15 is 0 Å². The zero-order chi connectivity index (χ0) is 11.1. The molecule has 0 amide bonds. The summed E-state index contributed by atoms with van der Waals surface area (Å²) in [7, 11) is 1.58. The second-order valence-electron chi connectivity index (χ2n) is 2.72. The average Bonchev–Trinajstić information content (AvgIpc) is 2.29. The first-order valence-corrected chi connectivity index (χ1v) is 4.32. The Balaban J connectivity index is 3.03. The topological polar surface area (TPSA) is 42.3 Å². The third-order valence-corrected chi connectivity index (χ3v) is 1.69. The third kappa shape index (κ3) is 2.89. The summed E-state index contributed by atoms with van der Waals surface area (Å²) in [5, 5.41) is 0. The van der Waals surface area contributed by atoms with E-state index < -0.39 is 0 Å². The first-order valence-electron chi connectivity index (χ1n) is 4.32. The van der Waals surface area contributed by atoms with Crippen LogP contribution in [0.5, 0.6) is 0 Å². The second kappa shape index (κ2) is 5.51. The molecule has 3 heteroatoms. The van der Waals surface area contributed by atoms with Crippen molar-refractivity contribution in [2.45, 2.75) is 0 Å². The number of hydrogen-bond donors (Lipinski definition) is 0. The minimum atomic E-state index is -0.174. The molecule has 74 valence electrons. The monoisotopic (exact) mass is 198 g/mol. The highest BCUT2D eigenvalue weighted by atomic mass is 16.1. The third-order valence-electron chi connectivity index (χ3n) is 1.69. The molecule has 0 aliphatic rings. The van der Waals surface area contributed by atoms with Crippen LogP contribution in [0.25, 0.3) is 0 Å². The van der Waals surface area contributed by atoms with Crippen molar-refractivity contribution in [3.63, 3.8) is 0 Å². The molecule has 1 heterocycles. The normalized spacial score (nSPS) is 11.3. The van der Waals surface area contributed by atoms with Gasteiger partial charge in [0, 0.05) is 42.9 Å². The van der Waals surface area contributed by atoms with Gasteiger partial charge < -0.3 is 0 Å². The molecular weight excluding hydrogens is 188 g/mol. The van der Waals surface area contributed by atoms with Gasteiger partial charge in [0.05, 0.1) is 0 Å². The first kappa shape index (κ1) is 10.9. The number of aromatic nitrogens is 1. The highest BCUT2D eigenvalue weighted by Crippen LogP contribution is 2.05. The van der Waals surface area contributed by atoms with Crippen LogP contribution in [0, 0.1) is 12.3 Å². The Morgan fingerprint density at radius 2 is 2.47 bits per heavy atom. The lowest BCUT2D eigenvalue weighted by Gasteiger charge is -1.98. The fourth-order valence-electron chi connectivity index (χ4n) is 1.05. The van der Waals surface area contributed by atoms with E-state index in [1.54, 1.807) is 25.4 Å². The summed E-state index contributed by atoms with van der Waals surface area (Å²) in [6, 6.07) is 3.38. The highest BCUT2D eigenvalue weighted by molar-refractivity contribution is 6.21. The van der Waals surface area contributed by atoms with Gasteiger partial charge in [0.25, 0.3) is 0 Å². The fourth-order valence-corrected chi connectivity index (χ4v) is 1.05. The molecule has 0 saturated carbocycles. The van der Waals surface area contributed by atoms with E-state index in [1.807, 2.05) is 0 Å². The molecule has 0 aliphatic heterocycles.